The molecule has 1 N–H and O–H groups in total. The number of carbonyl (C=O) groups excluding carboxylic acids is 2. The molecule has 19 heavy (non-hydrogen) atoms. The molecule has 3 rings (SSSR count). The van der Waals surface area contributed by atoms with E-state index in [4.69, 9.17) is 4.74 Å². The van der Waals surface area contributed by atoms with Crippen LogP contribution in [0.5, 0.6) is 0 Å². The lowest BCUT2D eigenvalue weighted by Crippen LogP contribution is -2.48. The zero-order valence-electron chi connectivity index (χ0n) is 10.6. The van der Waals surface area contributed by atoms with E-state index in [2.05, 4.69) is 0 Å². The molecular weight excluding hydrogens is 246 g/mol. The first kappa shape index (κ1) is 12.2. The van der Waals surface area contributed by atoms with Crippen LogP contribution < -0.4 is 0 Å². The average Bonchev–Trinajstić information content (AvgIpc) is 2.69. The molecule has 1 saturated heterocycles. The van der Waals surface area contributed by atoms with Gasteiger partial charge in [-0.05, 0) is 30.5 Å². The van der Waals surface area contributed by atoms with Crippen LogP contribution >= 0.6 is 0 Å². The minimum atomic E-state index is -1.22. The van der Waals surface area contributed by atoms with E-state index in [0.29, 0.717) is 18.5 Å². The van der Waals surface area contributed by atoms with E-state index in [1.165, 1.54) is 0 Å². The summed E-state index contributed by atoms with van der Waals surface area (Å²) in [5.41, 5.74) is 2.75. The highest BCUT2D eigenvalue weighted by atomic mass is 16.6. The van der Waals surface area contributed by atoms with Crippen molar-refractivity contribution in [2.24, 2.45) is 0 Å². The molecule has 0 aromatic heterocycles. The average molecular weight is 261 g/mol. The lowest BCUT2D eigenvalue weighted by Gasteiger charge is -2.34. The van der Waals surface area contributed by atoms with E-state index in [1.807, 2.05) is 19.1 Å². The molecule has 1 amide bonds. The number of nitrogens with zero attached hydrogens (tertiary/aromatic N) is 1. The number of aliphatic hydroxyl groups is 1. The molecule has 5 heteroatoms. The fraction of sp³-hybridized carbons (Fsp3) is 0.429. The molecule has 5 nitrogen and oxygen atoms in total. The molecule has 0 aliphatic carbocycles. The van der Waals surface area contributed by atoms with Crippen LogP contribution in [0.15, 0.2) is 18.2 Å². The lowest BCUT2D eigenvalue weighted by atomic mass is 10.1. The van der Waals surface area contributed by atoms with Crippen LogP contribution in [-0.4, -0.2) is 34.2 Å². The number of aliphatic hydroxyl groups excluding tert-OH is 1. The highest BCUT2D eigenvalue weighted by molar-refractivity contribution is 5.99. The van der Waals surface area contributed by atoms with Gasteiger partial charge in [-0.2, -0.15) is 0 Å². The number of esters is 1. The number of benzene rings is 1. The molecule has 1 fully saturated rings. The van der Waals surface area contributed by atoms with E-state index < -0.39 is 18.3 Å². The second-order valence-electron chi connectivity index (χ2n) is 5.02. The Morgan fingerprint density at radius 3 is 2.84 bits per heavy atom. The minimum absolute atomic E-state index is 0.0966. The standard InChI is InChI=1S/C14H15NO4/c1-8-3-2-4-9-10(8)7-15(13(9)17)11-5-6-12(16)19-14(11)18/h2-4,11,14,18H,5-7H2,1H3. The number of cyclic esters (lactones) is 1. The second-order valence-corrected chi connectivity index (χ2v) is 5.02. The van der Waals surface area contributed by atoms with Crippen molar-refractivity contribution >= 4 is 11.9 Å². The molecule has 0 bridgehead atoms. The Labute approximate surface area is 110 Å². The number of ether oxygens (including phenoxy) is 1. The highest BCUT2D eigenvalue weighted by Gasteiger charge is 2.40. The summed E-state index contributed by atoms with van der Waals surface area (Å²) in [5, 5.41) is 9.83. The van der Waals surface area contributed by atoms with Crippen LogP contribution in [0.4, 0.5) is 0 Å². The Morgan fingerprint density at radius 1 is 1.37 bits per heavy atom. The summed E-state index contributed by atoms with van der Waals surface area (Å²) in [6.45, 7) is 2.44. The molecule has 2 aliphatic rings. The van der Waals surface area contributed by atoms with Gasteiger partial charge in [0.2, 0.25) is 6.29 Å². The maximum atomic E-state index is 12.3. The normalized spacial score (nSPS) is 26.3. The van der Waals surface area contributed by atoms with E-state index in [-0.39, 0.29) is 12.3 Å². The fourth-order valence-electron chi connectivity index (χ4n) is 2.77. The van der Waals surface area contributed by atoms with E-state index in [0.717, 1.165) is 11.1 Å². The summed E-state index contributed by atoms with van der Waals surface area (Å²) in [7, 11) is 0. The number of rotatable bonds is 1. The van der Waals surface area contributed by atoms with Crippen molar-refractivity contribution in [1.82, 2.24) is 4.90 Å². The Balaban J connectivity index is 1.88. The molecule has 2 aliphatic heterocycles. The number of carbonyl (C=O) groups is 2. The van der Waals surface area contributed by atoms with Crippen LogP contribution in [-0.2, 0) is 16.1 Å². The summed E-state index contributed by atoms with van der Waals surface area (Å²) in [6.07, 6.45) is -0.542. The number of hydrogen-bond acceptors (Lipinski definition) is 4. The Morgan fingerprint density at radius 2 is 2.16 bits per heavy atom. The van der Waals surface area contributed by atoms with Crippen LogP contribution in [0.1, 0.15) is 34.3 Å². The second kappa shape index (κ2) is 4.35. The predicted octanol–water partition coefficient (Wildman–Crippen LogP) is 0.975. The smallest absolute Gasteiger partial charge is 0.308 e. The van der Waals surface area contributed by atoms with Crippen molar-refractivity contribution in [2.75, 3.05) is 0 Å². The van der Waals surface area contributed by atoms with Gasteiger partial charge in [0, 0.05) is 18.5 Å². The van der Waals surface area contributed by atoms with E-state index in [1.54, 1.807) is 11.0 Å². The molecular formula is C14H15NO4. The van der Waals surface area contributed by atoms with Gasteiger partial charge in [0.1, 0.15) is 0 Å². The van der Waals surface area contributed by atoms with Gasteiger partial charge in [-0.1, -0.05) is 12.1 Å². The molecule has 0 radical (unpaired) electrons. The highest BCUT2D eigenvalue weighted by Crippen LogP contribution is 2.31. The van der Waals surface area contributed by atoms with Gasteiger partial charge in [-0.25, -0.2) is 0 Å². The summed E-state index contributed by atoms with van der Waals surface area (Å²) in [5.74, 6) is -0.509. The topological polar surface area (TPSA) is 66.8 Å². The van der Waals surface area contributed by atoms with Gasteiger partial charge in [0.05, 0.1) is 6.04 Å². The molecule has 2 heterocycles. The number of amides is 1. The van der Waals surface area contributed by atoms with Crippen molar-refractivity contribution in [3.8, 4) is 0 Å². The zero-order chi connectivity index (χ0) is 13.6. The fourth-order valence-corrected chi connectivity index (χ4v) is 2.77. The molecule has 1 aromatic rings. The minimum Gasteiger partial charge on any atom is -0.434 e. The van der Waals surface area contributed by atoms with Crippen LogP contribution in [0.2, 0.25) is 0 Å². The molecule has 100 valence electrons. The van der Waals surface area contributed by atoms with Gasteiger partial charge in [0.15, 0.2) is 0 Å². The number of aryl methyl sites for hydroxylation is 1. The third-order valence-corrected chi connectivity index (χ3v) is 3.86. The molecule has 2 unspecified atom stereocenters. The van der Waals surface area contributed by atoms with Crippen LogP contribution in [0.25, 0.3) is 0 Å². The first-order chi connectivity index (χ1) is 9.08. The summed E-state index contributed by atoms with van der Waals surface area (Å²) in [6, 6.07) is 5.17. The third kappa shape index (κ3) is 1.90. The van der Waals surface area contributed by atoms with Crippen LogP contribution in [0, 0.1) is 6.92 Å². The van der Waals surface area contributed by atoms with Crippen molar-refractivity contribution < 1.29 is 19.4 Å². The molecule has 0 saturated carbocycles. The lowest BCUT2D eigenvalue weighted by molar-refractivity contribution is -0.188. The third-order valence-electron chi connectivity index (χ3n) is 3.86. The Kier molecular flexibility index (Phi) is 2.78. The van der Waals surface area contributed by atoms with Gasteiger partial charge < -0.3 is 14.7 Å². The van der Waals surface area contributed by atoms with Crippen molar-refractivity contribution in [2.45, 2.75) is 38.6 Å². The van der Waals surface area contributed by atoms with E-state index >= 15 is 0 Å². The molecule has 2 atom stereocenters. The number of hydrogen-bond donors (Lipinski definition) is 1. The first-order valence-corrected chi connectivity index (χ1v) is 6.35. The van der Waals surface area contributed by atoms with Gasteiger partial charge in [0.25, 0.3) is 5.91 Å². The van der Waals surface area contributed by atoms with Crippen LogP contribution in [0.3, 0.4) is 0 Å². The predicted molar refractivity (Wildman–Crippen MR) is 66.2 cm³/mol. The first-order valence-electron chi connectivity index (χ1n) is 6.35. The zero-order valence-corrected chi connectivity index (χ0v) is 10.6. The summed E-state index contributed by atoms with van der Waals surface area (Å²) in [4.78, 5) is 25.1. The number of fused-ring (bicyclic) bond motifs is 1. The summed E-state index contributed by atoms with van der Waals surface area (Å²) >= 11 is 0. The largest absolute Gasteiger partial charge is 0.434 e. The van der Waals surface area contributed by atoms with Gasteiger partial charge in [-0.15, -0.1) is 0 Å². The molecule has 0 spiro atoms. The van der Waals surface area contributed by atoms with E-state index in [9.17, 15) is 14.7 Å². The van der Waals surface area contributed by atoms with Crippen molar-refractivity contribution in [3.05, 3.63) is 34.9 Å². The van der Waals surface area contributed by atoms with Gasteiger partial charge >= 0.3 is 5.97 Å². The molecule has 1 aromatic carbocycles. The SMILES string of the molecule is Cc1cccc2c1CN(C1CCC(=O)OC1O)C2=O. The Bertz CT molecular complexity index is 554. The maximum absolute atomic E-state index is 12.3. The quantitative estimate of drug-likeness (QED) is 0.765. The van der Waals surface area contributed by atoms with Crippen molar-refractivity contribution in [3.63, 3.8) is 0 Å². The Hall–Kier alpha value is -1.88. The summed E-state index contributed by atoms with van der Waals surface area (Å²) < 4.78 is 4.81. The monoisotopic (exact) mass is 261 g/mol. The maximum Gasteiger partial charge on any atom is 0.308 e. The van der Waals surface area contributed by atoms with Crippen molar-refractivity contribution in [1.29, 1.82) is 0 Å². The van der Waals surface area contributed by atoms with Gasteiger partial charge in [-0.3, -0.25) is 9.59 Å².